The number of rotatable bonds is 4. The van der Waals surface area contributed by atoms with Crippen LogP contribution in [-0.4, -0.2) is 30.3 Å². The minimum absolute atomic E-state index is 0.280. The first kappa shape index (κ1) is 14.3. The van der Waals surface area contributed by atoms with Crippen LogP contribution in [-0.2, 0) is 0 Å². The first-order valence-electron chi connectivity index (χ1n) is 5.97. The molecule has 0 aliphatic heterocycles. The SMILES string of the molecule is CN(C)C/C=C/c1ccc(SC(C)(C)C)cc1. The zero-order valence-corrected chi connectivity index (χ0v) is 12.3. The lowest BCUT2D eigenvalue weighted by Gasteiger charge is -2.17. The van der Waals surface area contributed by atoms with Gasteiger partial charge < -0.3 is 4.90 Å². The molecule has 1 rings (SSSR count). The average Bonchev–Trinajstić information content (AvgIpc) is 2.18. The van der Waals surface area contributed by atoms with Gasteiger partial charge in [0.15, 0.2) is 0 Å². The van der Waals surface area contributed by atoms with Gasteiger partial charge in [-0.25, -0.2) is 0 Å². The molecule has 0 spiro atoms. The van der Waals surface area contributed by atoms with Gasteiger partial charge in [-0.2, -0.15) is 0 Å². The van der Waals surface area contributed by atoms with E-state index in [1.807, 2.05) is 11.8 Å². The molecule has 1 aromatic rings. The Kier molecular flexibility index (Phi) is 5.29. The van der Waals surface area contributed by atoms with Gasteiger partial charge in [-0.1, -0.05) is 45.1 Å². The third-order valence-electron chi connectivity index (χ3n) is 2.08. The summed E-state index contributed by atoms with van der Waals surface area (Å²) in [6.45, 7) is 7.70. The molecule has 17 heavy (non-hydrogen) atoms. The average molecular weight is 249 g/mol. The van der Waals surface area contributed by atoms with Crippen LogP contribution in [0.3, 0.4) is 0 Å². The highest BCUT2D eigenvalue weighted by Gasteiger charge is 2.11. The van der Waals surface area contributed by atoms with Crippen molar-refractivity contribution in [3.63, 3.8) is 0 Å². The van der Waals surface area contributed by atoms with Crippen LogP contribution >= 0.6 is 11.8 Å². The minimum atomic E-state index is 0.280. The van der Waals surface area contributed by atoms with E-state index in [1.165, 1.54) is 10.5 Å². The summed E-state index contributed by atoms with van der Waals surface area (Å²) in [7, 11) is 4.15. The maximum absolute atomic E-state index is 2.24. The summed E-state index contributed by atoms with van der Waals surface area (Å²) in [5.74, 6) is 0. The molecule has 0 unspecified atom stereocenters. The molecule has 0 aliphatic rings. The van der Waals surface area contributed by atoms with Gasteiger partial charge in [-0.05, 0) is 31.8 Å². The van der Waals surface area contributed by atoms with Gasteiger partial charge in [-0.3, -0.25) is 0 Å². The first-order chi connectivity index (χ1) is 7.87. The van der Waals surface area contributed by atoms with Crippen LogP contribution in [0.1, 0.15) is 26.3 Å². The molecule has 2 heteroatoms. The van der Waals surface area contributed by atoms with Crippen molar-refractivity contribution < 1.29 is 0 Å². The number of thioether (sulfide) groups is 1. The number of hydrogen-bond donors (Lipinski definition) is 0. The van der Waals surface area contributed by atoms with Crippen molar-refractivity contribution in [2.75, 3.05) is 20.6 Å². The molecular weight excluding hydrogens is 226 g/mol. The van der Waals surface area contributed by atoms with Crippen LogP contribution in [0.5, 0.6) is 0 Å². The number of nitrogens with zero attached hydrogens (tertiary/aromatic N) is 1. The summed E-state index contributed by atoms with van der Waals surface area (Å²) in [5, 5.41) is 0. The van der Waals surface area contributed by atoms with Crippen LogP contribution in [0, 0.1) is 0 Å². The second-order valence-electron chi connectivity index (χ2n) is 5.45. The van der Waals surface area contributed by atoms with Crippen molar-refractivity contribution >= 4 is 17.8 Å². The highest BCUT2D eigenvalue weighted by atomic mass is 32.2. The normalized spacial score (nSPS) is 12.6. The Morgan fingerprint density at radius 2 is 1.71 bits per heavy atom. The second kappa shape index (κ2) is 6.27. The number of hydrogen-bond acceptors (Lipinski definition) is 2. The predicted octanol–water partition coefficient (Wildman–Crippen LogP) is 4.15. The van der Waals surface area contributed by atoms with E-state index in [9.17, 15) is 0 Å². The topological polar surface area (TPSA) is 3.24 Å². The number of likely N-dealkylation sites (N-methyl/N-ethyl adjacent to an activating group) is 1. The van der Waals surface area contributed by atoms with Crippen molar-refractivity contribution in [3.8, 4) is 0 Å². The zero-order chi connectivity index (χ0) is 12.9. The van der Waals surface area contributed by atoms with E-state index in [1.54, 1.807) is 0 Å². The van der Waals surface area contributed by atoms with E-state index in [2.05, 4.69) is 76.2 Å². The van der Waals surface area contributed by atoms with Gasteiger partial charge in [-0.15, -0.1) is 11.8 Å². The Labute approximate surface area is 110 Å². The summed E-state index contributed by atoms with van der Waals surface area (Å²) in [5.41, 5.74) is 1.27. The largest absolute Gasteiger partial charge is 0.306 e. The fraction of sp³-hybridized carbons (Fsp3) is 0.467. The molecule has 0 atom stereocenters. The van der Waals surface area contributed by atoms with Crippen LogP contribution in [0.25, 0.3) is 6.08 Å². The molecular formula is C15H23NS. The Morgan fingerprint density at radius 1 is 1.12 bits per heavy atom. The predicted molar refractivity (Wildman–Crippen MR) is 79.6 cm³/mol. The van der Waals surface area contributed by atoms with E-state index in [0.717, 1.165) is 6.54 Å². The fourth-order valence-corrected chi connectivity index (χ4v) is 2.38. The van der Waals surface area contributed by atoms with Crippen molar-refractivity contribution in [1.29, 1.82) is 0 Å². The standard InChI is InChI=1S/C15H23NS/c1-15(2,3)17-14-10-8-13(9-11-14)7-6-12-16(4)5/h6-11H,12H2,1-5H3/b7-6+. The third kappa shape index (κ3) is 6.54. The maximum Gasteiger partial charge on any atom is 0.0160 e. The van der Waals surface area contributed by atoms with E-state index in [-0.39, 0.29) is 4.75 Å². The van der Waals surface area contributed by atoms with Gasteiger partial charge in [0.1, 0.15) is 0 Å². The lowest BCUT2D eigenvalue weighted by molar-refractivity contribution is 0.457. The highest BCUT2D eigenvalue weighted by Crippen LogP contribution is 2.31. The van der Waals surface area contributed by atoms with E-state index >= 15 is 0 Å². The zero-order valence-electron chi connectivity index (χ0n) is 11.5. The minimum Gasteiger partial charge on any atom is -0.306 e. The summed E-state index contributed by atoms with van der Waals surface area (Å²) in [6, 6.07) is 8.76. The van der Waals surface area contributed by atoms with Crippen molar-refractivity contribution in [3.05, 3.63) is 35.9 Å². The molecule has 0 N–H and O–H groups in total. The summed E-state index contributed by atoms with van der Waals surface area (Å²) in [6.07, 6.45) is 4.36. The molecule has 0 bridgehead atoms. The lowest BCUT2D eigenvalue weighted by atomic mass is 10.2. The van der Waals surface area contributed by atoms with Crippen LogP contribution in [0.2, 0.25) is 0 Å². The highest BCUT2D eigenvalue weighted by molar-refractivity contribution is 8.00. The smallest absolute Gasteiger partial charge is 0.0160 e. The second-order valence-corrected chi connectivity index (χ2v) is 7.35. The third-order valence-corrected chi connectivity index (χ3v) is 3.21. The van der Waals surface area contributed by atoms with Crippen LogP contribution in [0.4, 0.5) is 0 Å². The molecule has 0 aromatic heterocycles. The Bertz CT molecular complexity index is 358. The van der Waals surface area contributed by atoms with E-state index in [0.29, 0.717) is 0 Å². The van der Waals surface area contributed by atoms with Crippen molar-refractivity contribution in [1.82, 2.24) is 4.90 Å². The summed E-state index contributed by atoms with van der Waals surface area (Å²) in [4.78, 5) is 3.49. The summed E-state index contributed by atoms with van der Waals surface area (Å²) >= 11 is 1.91. The first-order valence-corrected chi connectivity index (χ1v) is 6.79. The quantitative estimate of drug-likeness (QED) is 0.737. The molecule has 1 aromatic carbocycles. The van der Waals surface area contributed by atoms with Gasteiger partial charge >= 0.3 is 0 Å². The lowest BCUT2D eigenvalue weighted by Crippen LogP contribution is -2.10. The van der Waals surface area contributed by atoms with Gasteiger partial charge in [0.2, 0.25) is 0 Å². The molecule has 0 heterocycles. The molecule has 0 radical (unpaired) electrons. The van der Waals surface area contributed by atoms with E-state index < -0.39 is 0 Å². The maximum atomic E-state index is 2.24. The molecule has 0 aliphatic carbocycles. The van der Waals surface area contributed by atoms with Gasteiger partial charge in [0.05, 0.1) is 0 Å². The summed E-state index contributed by atoms with van der Waals surface area (Å²) < 4.78 is 0.280. The molecule has 0 saturated heterocycles. The molecule has 1 nitrogen and oxygen atoms in total. The molecule has 0 saturated carbocycles. The number of benzene rings is 1. The van der Waals surface area contributed by atoms with Crippen LogP contribution < -0.4 is 0 Å². The van der Waals surface area contributed by atoms with Crippen molar-refractivity contribution in [2.45, 2.75) is 30.4 Å². The molecule has 0 amide bonds. The Hall–Kier alpha value is -0.730. The molecule has 94 valence electrons. The molecule has 0 fully saturated rings. The van der Waals surface area contributed by atoms with Gasteiger partial charge in [0.25, 0.3) is 0 Å². The van der Waals surface area contributed by atoms with Crippen LogP contribution in [0.15, 0.2) is 35.2 Å². The van der Waals surface area contributed by atoms with Crippen molar-refractivity contribution in [2.24, 2.45) is 0 Å². The Balaban J connectivity index is 2.59. The Morgan fingerprint density at radius 3 is 2.18 bits per heavy atom. The fourth-order valence-electron chi connectivity index (χ4n) is 1.40. The van der Waals surface area contributed by atoms with Gasteiger partial charge in [0, 0.05) is 16.2 Å². The van der Waals surface area contributed by atoms with E-state index in [4.69, 9.17) is 0 Å². The monoisotopic (exact) mass is 249 g/mol.